The minimum atomic E-state index is -0.641. The van der Waals surface area contributed by atoms with Crippen LogP contribution in [0.4, 0.5) is 10.5 Å². The molecule has 42 heavy (non-hydrogen) atoms. The SMILES string of the molecule is Cc1ccc(C2c3[nH]c4ccccc4c3CC3C(=O)N(c4ccc(C(=O)NCc5ccc(Cl)cc5)cc4)C(=O)N32)cc1. The first kappa shape index (κ1) is 26.0. The van der Waals surface area contributed by atoms with Gasteiger partial charge >= 0.3 is 6.03 Å². The molecular formula is C34H27ClN4O3. The van der Waals surface area contributed by atoms with Crippen LogP contribution in [0.25, 0.3) is 10.9 Å². The summed E-state index contributed by atoms with van der Waals surface area (Å²) < 4.78 is 0. The molecule has 8 heteroatoms. The number of para-hydroxylation sites is 1. The number of carbonyl (C=O) groups is 3. The number of anilines is 1. The van der Waals surface area contributed by atoms with Gasteiger partial charge in [-0.2, -0.15) is 0 Å². The summed E-state index contributed by atoms with van der Waals surface area (Å²) in [7, 11) is 0. The Morgan fingerprint density at radius 2 is 1.64 bits per heavy atom. The maximum absolute atomic E-state index is 14.1. The summed E-state index contributed by atoms with van der Waals surface area (Å²) >= 11 is 5.94. The van der Waals surface area contributed by atoms with Crippen molar-refractivity contribution in [1.82, 2.24) is 15.2 Å². The van der Waals surface area contributed by atoms with E-state index < -0.39 is 12.1 Å². The van der Waals surface area contributed by atoms with Gasteiger partial charge in [0.25, 0.3) is 11.8 Å². The normalized spacial score (nSPS) is 17.9. The zero-order valence-electron chi connectivity index (χ0n) is 22.8. The number of halogens is 1. The van der Waals surface area contributed by atoms with Crippen molar-refractivity contribution in [3.8, 4) is 0 Å². The number of hydrogen-bond acceptors (Lipinski definition) is 3. The van der Waals surface area contributed by atoms with Crippen LogP contribution in [-0.2, 0) is 17.8 Å². The van der Waals surface area contributed by atoms with Crippen molar-refractivity contribution in [2.75, 3.05) is 4.90 Å². The van der Waals surface area contributed by atoms with Crippen LogP contribution in [0.3, 0.4) is 0 Å². The van der Waals surface area contributed by atoms with Gasteiger partial charge in [0.15, 0.2) is 0 Å². The number of aryl methyl sites for hydroxylation is 1. The maximum atomic E-state index is 14.1. The van der Waals surface area contributed by atoms with Crippen LogP contribution >= 0.6 is 11.6 Å². The zero-order valence-corrected chi connectivity index (χ0v) is 23.6. The predicted octanol–water partition coefficient (Wildman–Crippen LogP) is 6.54. The van der Waals surface area contributed by atoms with E-state index in [0.29, 0.717) is 29.2 Å². The van der Waals surface area contributed by atoms with E-state index >= 15 is 0 Å². The number of carbonyl (C=O) groups excluding carboxylic acids is 3. The lowest BCUT2D eigenvalue weighted by atomic mass is 9.88. The number of amides is 4. The average Bonchev–Trinajstić information content (AvgIpc) is 3.50. The highest BCUT2D eigenvalue weighted by molar-refractivity contribution is 6.30. The van der Waals surface area contributed by atoms with Gasteiger partial charge in [-0.3, -0.25) is 14.5 Å². The fourth-order valence-electron chi connectivity index (χ4n) is 6.06. The van der Waals surface area contributed by atoms with E-state index in [4.69, 9.17) is 11.6 Å². The first-order chi connectivity index (χ1) is 20.4. The number of aromatic nitrogens is 1. The lowest BCUT2D eigenvalue weighted by Crippen LogP contribution is -2.44. The van der Waals surface area contributed by atoms with Crippen LogP contribution in [0.15, 0.2) is 97.1 Å². The van der Waals surface area contributed by atoms with Crippen LogP contribution in [0.2, 0.25) is 5.02 Å². The minimum absolute atomic E-state index is 0.252. The van der Waals surface area contributed by atoms with Gasteiger partial charge in [-0.1, -0.05) is 71.8 Å². The molecule has 0 spiro atoms. The van der Waals surface area contributed by atoms with Crippen LogP contribution < -0.4 is 10.2 Å². The highest BCUT2D eigenvalue weighted by atomic mass is 35.5. The quantitative estimate of drug-likeness (QED) is 0.234. The maximum Gasteiger partial charge on any atom is 0.332 e. The first-order valence-electron chi connectivity index (χ1n) is 13.8. The Kier molecular flexibility index (Phi) is 6.32. The molecule has 2 atom stereocenters. The second-order valence-corrected chi connectivity index (χ2v) is 11.3. The standard InChI is InChI=1S/C34H27ClN4O3/c1-20-6-10-22(11-7-20)31-30-27(26-4-2-3-5-28(26)37-30)18-29-33(41)38(34(42)39(29)31)25-16-12-23(13-17-25)32(40)36-19-21-8-14-24(35)15-9-21/h2-17,29,31,37H,18-19H2,1H3,(H,36,40). The van der Waals surface area contributed by atoms with Crippen LogP contribution in [0.5, 0.6) is 0 Å². The van der Waals surface area contributed by atoms with Gasteiger partial charge in [0.1, 0.15) is 12.1 Å². The van der Waals surface area contributed by atoms with E-state index in [1.165, 1.54) is 4.90 Å². The molecule has 4 aromatic carbocycles. The molecule has 7 rings (SSSR count). The van der Waals surface area contributed by atoms with Crippen LogP contribution in [0, 0.1) is 6.92 Å². The number of H-pyrrole nitrogens is 1. The summed E-state index contributed by atoms with van der Waals surface area (Å²) in [4.78, 5) is 47.3. The van der Waals surface area contributed by atoms with Gasteiger partial charge in [0.05, 0.1) is 5.69 Å². The van der Waals surface area contributed by atoms with Gasteiger partial charge < -0.3 is 10.3 Å². The van der Waals surface area contributed by atoms with Crippen molar-refractivity contribution in [2.24, 2.45) is 0 Å². The third-order valence-electron chi connectivity index (χ3n) is 8.20. The Labute approximate surface area is 247 Å². The second-order valence-electron chi connectivity index (χ2n) is 10.8. The topological polar surface area (TPSA) is 85.5 Å². The molecule has 208 valence electrons. The number of aromatic amines is 1. The molecule has 7 nitrogen and oxygen atoms in total. The molecule has 1 fully saturated rings. The number of hydrogen-bond donors (Lipinski definition) is 2. The summed E-state index contributed by atoms with van der Waals surface area (Å²) in [6.07, 6.45) is 0.425. The molecule has 2 N–H and O–H groups in total. The number of rotatable bonds is 5. The van der Waals surface area contributed by atoms with E-state index in [0.717, 1.165) is 38.9 Å². The number of nitrogens with zero attached hydrogens (tertiary/aromatic N) is 2. The second kappa shape index (κ2) is 10.2. The molecule has 1 saturated heterocycles. The molecule has 0 bridgehead atoms. The molecular weight excluding hydrogens is 548 g/mol. The molecule has 0 aliphatic carbocycles. The number of fused-ring (bicyclic) bond motifs is 4. The number of urea groups is 1. The van der Waals surface area contributed by atoms with E-state index in [1.807, 2.05) is 61.5 Å². The lowest BCUT2D eigenvalue weighted by molar-refractivity contribution is -0.120. The Balaban J connectivity index is 1.19. The van der Waals surface area contributed by atoms with Crippen LogP contribution in [0.1, 0.15) is 44.3 Å². The summed E-state index contributed by atoms with van der Waals surface area (Å²) in [6, 6.07) is 28.5. The van der Waals surface area contributed by atoms with Crippen molar-refractivity contribution < 1.29 is 14.4 Å². The Bertz CT molecular complexity index is 1850. The first-order valence-corrected chi connectivity index (χ1v) is 14.2. The third-order valence-corrected chi connectivity index (χ3v) is 8.45. The average molecular weight is 575 g/mol. The largest absolute Gasteiger partial charge is 0.356 e. The molecule has 0 saturated carbocycles. The monoisotopic (exact) mass is 574 g/mol. The molecule has 2 aliphatic rings. The smallest absolute Gasteiger partial charge is 0.332 e. The van der Waals surface area contributed by atoms with E-state index in [9.17, 15) is 14.4 Å². The highest BCUT2D eigenvalue weighted by Gasteiger charge is 2.53. The van der Waals surface area contributed by atoms with E-state index in [2.05, 4.69) is 16.4 Å². The van der Waals surface area contributed by atoms with Crippen molar-refractivity contribution in [3.63, 3.8) is 0 Å². The minimum Gasteiger partial charge on any atom is -0.356 e. The van der Waals surface area contributed by atoms with Crippen molar-refractivity contribution in [2.45, 2.75) is 32.0 Å². The fourth-order valence-corrected chi connectivity index (χ4v) is 6.18. The van der Waals surface area contributed by atoms with Gasteiger partial charge in [0.2, 0.25) is 0 Å². The summed E-state index contributed by atoms with van der Waals surface area (Å²) in [5.74, 6) is -0.522. The Morgan fingerprint density at radius 3 is 2.38 bits per heavy atom. The lowest BCUT2D eigenvalue weighted by Gasteiger charge is -2.36. The molecule has 2 aliphatic heterocycles. The molecule has 1 aromatic heterocycles. The zero-order chi connectivity index (χ0) is 29.0. The summed E-state index contributed by atoms with van der Waals surface area (Å²) in [5.41, 5.74) is 6.84. The van der Waals surface area contributed by atoms with Crippen molar-refractivity contribution in [3.05, 3.63) is 136 Å². The Hall–Kier alpha value is -4.88. The van der Waals surface area contributed by atoms with Crippen molar-refractivity contribution in [1.29, 1.82) is 0 Å². The van der Waals surface area contributed by atoms with Gasteiger partial charge in [-0.05, 0) is 66.1 Å². The molecule has 0 radical (unpaired) electrons. The van der Waals surface area contributed by atoms with Gasteiger partial charge in [0, 0.05) is 40.1 Å². The van der Waals surface area contributed by atoms with Gasteiger partial charge in [-0.15, -0.1) is 0 Å². The van der Waals surface area contributed by atoms with E-state index in [-0.39, 0.29) is 17.8 Å². The third kappa shape index (κ3) is 4.33. The van der Waals surface area contributed by atoms with Crippen LogP contribution in [-0.4, -0.2) is 33.8 Å². The predicted molar refractivity (Wildman–Crippen MR) is 163 cm³/mol. The number of benzene rings is 4. The molecule has 2 unspecified atom stereocenters. The Morgan fingerprint density at radius 1 is 0.929 bits per heavy atom. The molecule has 4 amide bonds. The van der Waals surface area contributed by atoms with E-state index in [1.54, 1.807) is 41.3 Å². The number of imide groups is 1. The molecule has 3 heterocycles. The highest BCUT2D eigenvalue weighted by Crippen LogP contribution is 2.44. The van der Waals surface area contributed by atoms with Crippen molar-refractivity contribution >= 4 is 46.0 Å². The molecule has 5 aromatic rings. The number of nitrogens with one attached hydrogen (secondary N) is 2. The van der Waals surface area contributed by atoms with Gasteiger partial charge in [-0.25, -0.2) is 9.69 Å². The fraction of sp³-hybridized carbons (Fsp3) is 0.147. The summed E-state index contributed by atoms with van der Waals surface area (Å²) in [5, 5.41) is 4.59. The summed E-state index contributed by atoms with van der Waals surface area (Å²) in [6.45, 7) is 2.38.